The van der Waals surface area contributed by atoms with Gasteiger partial charge >= 0.3 is 0 Å². The highest BCUT2D eigenvalue weighted by Gasteiger charge is 2.06. The van der Waals surface area contributed by atoms with Gasteiger partial charge in [0, 0.05) is 21.7 Å². The van der Waals surface area contributed by atoms with E-state index in [-0.39, 0.29) is 12.5 Å². The summed E-state index contributed by atoms with van der Waals surface area (Å²) in [5.74, 6) is -0.110. The molecule has 1 aromatic heterocycles. The number of fused-ring (bicyclic) bond motifs is 1. The van der Waals surface area contributed by atoms with Gasteiger partial charge in [-0.15, -0.1) is 0 Å². The van der Waals surface area contributed by atoms with E-state index in [9.17, 15) is 4.79 Å². The van der Waals surface area contributed by atoms with Crippen LogP contribution in [0.25, 0.3) is 10.9 Å². The quantitative estimate of drug-likeness (QED) is 0.742. The maximum Gasteiger partial charge on any atom is 0.243 e. The molecule has 1 heterocycles. The van der Waals surface area contributed by atoms with Crippen LogP contribution < -0.4 is 10.6 Å². The average molecular weight is 356 g/mol. The first-order chi connectivity index (χ1) is 10.7. The molecule has 0 bridgehead atoms. The molecule has 0 fully saturated rings. The summed E-state index contributed by atoms with van der Waals surface area (Å²) in [5, 5.41) is 6.98. The van der Waals surface area contributed by atoms with Crippen molar-refractivity contribution in [2.24, 2.45) is 0 Å². The van der Waals surface area contributed by atoms with Gasteiger partial charge in [-0.1, -0.05) is 34.1 Å². The number of anilines is 2. The van der Waals surface area contributed by atoms with Crippen molar-refractivity contribution < 1.29 is 4.79 Å². The molecule has 0 saturated heterocycles. The number of nitrogens with zero attached hydrogens (tertiary/aromatic N) is 1. The number of hydrogen-bond acceptors (Lipinski definition) is 3. The smallest absolute Gasteiger partial charge is 0.243 e. The van der Waals surface area contributed by atoms with Gasteiger partial charge in [-0.25, -0.2) is 0 Å². The van der Waals surface area contributed by atoms with Gasteiger partial charge in [-0.2, -0.15) is 0 Å². The zero-order chi connectivity index (χ0) is 15.4. The van der Waals surface area contributed by atoms with Gasteiger partial charge in [-0.3, -0.25) is 9.78 Å². The first-order valence-corrected chi connectivity index (χ1v) is 7.65. The lowest BCUT2D eigenvalue weighted by Gasteiger charge is -2.09. The van der Waals surface area contributed by atoms with Gasteiger partial charge in [0.05, 0.1) is 17.7 Å². The summed E-state index contributed by atoms with van der Waals surface area (Å²) in [5.41, 5.74) is 2.41. The summed E-state index contributed by atoms with van der Waals surface area (Å²) >= 11 is 3.38. The molecule has 1 amide bonds. The van der Waals surface area contributed by atoms with Crippen LogP contribution in [0.5, 0.6) is 0 Å². The number of nitrogens with one attached hydrogen (secondary N) is 2. The minimum Gasteiger partial charge on any atom is -0.376 e. The van der Waals surface area contributed by atoms with Crippen LogP contribution in [0.15, 0.2) is 65.3 Å². The molecule has 4 nitrogen and oxygen atoms in total. The Morgan fingerprint density at radius 2 is 1.82 bits per heavy atom. The molecule has 0 aliphatic carbocycles. The fourth-order valence-electron chi connectivity index (χ4n) is 2.15. The largest absolute Gasteiger partial charge is 0.376 e. The van der Waals surface area contributed by atoms with E-state index >= 15 is 0 Å². The van der Waals surface area contributed by atoms with Crippen LogP contribution in [0.4, 0.5) is 11.4 Å². The molecule has 0 atom stereocenters. The summed E-state index contributed by atoms with van der Waals surface area (Å²) in [6.45, 7) is 0.199. The number of aromatic nitrogens is 1. The molecular formula is C17H14BrN3O. The number of pyridine rings is 1. The Morgan fingerprint density at radius 1 is 1.05 bits per heavy atom. The fraction of sp³-hybridized carbons (Fsp3) is 0.0588. The molecular weight excluding hydrogens is 342 g/mol. The van der Waals surface area contributed by atoms with E-state index < -0.39 is 0 Å². The summed E-state index contributed by atoms with van der Waals surface area (Å²) in [7, 11) is 0. The Hall–Kier alpha value is -2.40. The van der Waals surface area contributed by atoms with Crippen LogP contribution in [-0.2, 0) is 4.79 Å². The third kappa shape index (κ3) is 3.43. The molecule has 5 heteroatoms. The molecule has 22 heavy (non-hydrogen) atoms. The van der Waals surface area contributed by atoms with Crippen molar-refractivity contribution in [2.45, 2.75) is 0 Å². The molecule has 0 saturated carbocycles. The second kappa shape index (κ2) is 6.58. The molecule has 0 aliphatic rings. The van der Waals surface area contributed by atoms with Crippen molar-refractivity contribution in [2.75, 3.05) is 17.2 Å². The molecule has 0 radical (unpaired) electrons. The zero-order valence-electron chi connectivity index (χ0n) is 11.7. The number of rotatable bonds is 4. The average Bonchev–Trinajstić information content (AvgIpc) is 2.55. The van der Waals surface area contributed by atoms with Crippen molar-refractivity contribution in [1.29, 1.82) is 0 Å². The second-order valence-corrected chi connectivity index (χ2v) is 5.70. The fourth-order valence-corrected chi connectivity index (χ4v) is 2.41. The molecule has 0 aliphatic heterocycles. The number of carbonyl (C=O) groups is 1. The van der Waals surface area contributed by atoms with E-state index in [4.69, 9.17) is 0 Å². The Morgan fingerprint density at radius 3 is 2.64 bits per heavy atom. The van der Waals surface area contributed by atoms with Crippen LogP contribution in [0.3, 0.4) is 0 Å². The lowest BCUT2D eigenvalue weighted by Crippen LogP contribution is -2.21. The van der Waals surface area contributed by atoms with Crippen molar-refractivity contribution in [1.82, 2.24) is 4.98 Å². The predicted molar refractivity (Wildman–Crippen MR) is 93.0 cm³/mol. The van der Waals surface area contributed by atoms with Gasteiger partial charge in [0.2, 0.25) is 5.91 Å². The van der Waals surface area contributed by atoms with Crippen LogP contribution >= 0.6 is 15.9 Å². The predicted octanol–water partition coefficient (Wildman–Crippen LogP) is 4.05. The van der Waals surface area contributed by atoms with E-state index in [1.807, 2.05) is 54.6 Å². The van der Waals surface area contributed by atoms with Gasteiger partial charge in [0.1, 0.15) is 0 Å². The Balaban J connectivity index is 1.67. The summed E-state index contributed by atoms with van der Waals surface area (Å²) in [4.78, 5) is 16.4. The molecule has 110 valence electrons. The topological polar surface area (TPSA) is 54.0 Å². The molecule has 3 aromatic rings. The first kappa shape index (κ1) is 14.5. The summed E-state index contributed by atoms with van der Waals surface area (Å²) in [6.07, 6.45) is 1.72. The number of carbonyl (C=O) groups excluding carboxylic acids is 1. The molecule has 3 rings (SSSR count). The standard InChI is InChI=1S/C17H14BrN3O/c18-13-6-8-14(9-7-13)20-11-16(22)21-15-5-1-3-12-4-2-10-19-17(12)15/h1-10,20H,11H2,(H,21,22). The van der Waals surface area contributed by atoms with Gasteiger partial charge in [-0.05, 0) is 36.4 Å². The van der Waals surface area contributed by atoms with Crippen LogP contribution in [0, 0.1) is 0 Å². The van der Waals surface area contributed by atoms with E-state index in [1.54, 1.807) is 6.20 Å². The van der Waals surface area contributed by atoms with E-state index in [2.05, 4.69) is 31.5 Å². The number of hydrogen-bond donors (Lipinski definition) is 2. The van der Waals surface area contributed by atoms with Gasteiger partial charge in [0.25, 0.3) is 0 Å². The van der Waals surface area contributed by atoms with E-state index in [0.717, 1.165) is 26.8 Å². The van der Waals surface area contributed by atoms with Crippen LogP contribution in [-0.4, -0.2) is 17.4 Å². The van der Waals surface area contributed by atoms with Crippen molar-refractivity contribution in [3.63, 3.8) is 0 Å². The van der Waals surface area contributed by atoms with Crippen molar-refractivity contribution >= 4 is 44.1 Å². The molecule has 0 spiro atoms. The Labute approximate surface area is 136 Å². The third-order valence-electron chi connectivity index (χ3n) is 3.20. The first-order valence-electron chi connectivity index (χ1n) is 6.85. The number of halogens is 1. The molecule has 0 unspecified atom stereocenters. The van der Waals surface area contributed by atoms with Crippen molar-refractivity contribution in [3.05, 3.63) is 65.3 Å². The van der Waals surface area contributed by atoms with Gasteiger partial charge in [0.15, 0.2) is 0 Å². The normalized spacial score (nSPS) is 10.4. The SMILES string of the molecule is O=C(CNc1ccc(Br)cc1)Nc1cccc2cccnc12. The minimum atomic E-state index is -0.110. The number of para-hydroxylation sites is 1. The second-order valence-electron chi connectivity index (χ2n) is 4.79. The third-order valence-corrected chi connectivity index (χ3v) is 3.73. The van der Waals surface area contributed by atoms with E-state index in [0.29, 0.717) is 0 Å². The summed E-state index contributed by atoms with van der Waals surface area (Å²) in [6, 6.07) is 17.3. The van der Waals surface area contributed by atoms with Gasteiger partial charge < -0.3 is 10.6 Å². The lowest BCUT2D eigenvalue weighted by molar-refractivity contribution is -0.114. The molecule has 2 N–H and O–H groups in total. The maximum atomic E-state index is 12.1. The monoisotopic (exact) mass is 355 g/mol. The zero-order valence-corrected chi connectivity index (χ0v) is 13.3. The lowest BCUT2D eigenvalue weighted by atomic mass is 10.2. The highest BCUT2D eigenvalue weighted by atomic mass is 79.9. The maximum absolute atomic E-state index is 12.1. The molecule has 2 aromatic carbocycles. The Kier molecular flexibility index (Phi) is 4.34. The summed E-state index contributed by atoms with van der Waals surface area (Å²) < 4.78 is 1.00. The van der Waals surface area contributed by atoms with Crippen molar-refractivity contribution in [3.8, 4) is 0 Å². The highest BCUT2D eigenvalue weighted by molar-refractivity contribution is 9.10. The van der Waals surface area contributed by atoms with Crippen LogP contribution in [0.1, 0.15) is 0 Å². The van der Waals surface area contributed by atoms with E-state index in [1.165, 1.54) is 0 Å². The Bertz CT molecular complexity index is 797. The minimum absolute atomic E-state index is 0.110. The number of benzene rings is 2. The van der Waals surface area contributed by atoms with Crippen LogP contribution in [0.2, 0.25) is 0 Å². The highest BCUT2D eigenvalue weighted by Crippen LogP contribution is 2.20. The number of amides is 1.